The number of hydrogen-bond donors (Lipinski definition) is 2. The first-order valence-corrected chi connectivity index (χ1v) is 14.9. The van der Waals surface area contributed by atoms with Crippen LogP contribution >= 0.6 is 11.3 Å². The third kappa shape index (κ3) is 6.95. The molecule has 1 aliphatic rings. The lowest BCUT2D eigenvalue weighted by Gasteiger charge is -2.23. The van der Waals surface area contributed by atoms with Crippen molar-refractivity contribution in [3.8, 4) is 33.4 Å². The summed E-state index contributed by atoms with van der Waals surface area (Å²) in [4.78, 5) is 13.5. The van der Waals surface area contributed by atoms with E-state index in [0.29, 0.717) is 30.7 Å². The van der Waals surface area contributed by atoms with Crippen molar-refractivity contribution in [3.05, 3.63) is 72.3 Å². The molecule has 1 unspecified atom stereocenters. The first-order chi connectivity index (χ1) is 19.5. The zero-order valence-corrected chi connectivity index (χ0v) is 24.3. The van der Waals surface area contributed by atoms with Crippen LogP contribution in [0.2, 0.25) is 0 Å². The molecule has 2 N–H and O–H groups in total. The lowest BCUT2D eigenvalue weighted by molar-refractivity contribution is 0.0949. The molecule has 1 atom stereocenters. The van der Waals surface area contributed by atoms with E-state index in [9.17, 15) is 4.79 Å². The summed E-state index contributed by atoms with van der Waals surface area (Å²) in [5.41, 5.74) is 1.64. The number of fused-ring (bicyclic) bond motifs is 1. The maximum absolute atomic E-state index is 12.5. The monoisotopic (exact) mass is 558 g/mol. The molecule has 1 aliphatic heterocycles. The van der Waals surface area contributed by atoms with E-state index in [1.54, 1.807) is 18.4 Å². The van der Waals surface area contributed by atoms with E-state index in [-0.39, 0.29) is 5.91 Å². The second kappa shape index (κ2) is 13.2. The summed E-state index contributed by atoms with van der Waals surface area (Å²) in [6.45, 7) is 6.62. The average Bonchev–Trinajstić information content (AvgIpc) is 3.34. The molecule has 2 heterocycles. The molecule has 6 nitrogen and oxygen atoms in total. The first kappa shape index (κ1) is 28.0. The second-order valence-electron chi connectivity index (χ2n) is 10.7. The molecule has 0 spiro atoms. The van der Waals surface area contributed by atoms with Gasteiger partial charge in [0, 0.05) is 28.2 Å². The Kier molecular flexibility index (Phi) is 9.24. The molecule has 4 aromatic rings. The highest BCUT2D eigenvalue weighted by molar-refractivity contribution is 7.22. The fourth-order valence-electron chi connectivity index (χ4n) is 4.85. The number of amides is 1. The van der Waals surface area contributed by atoms with E-state index in [1.807, 2.05) is 66.7 Å². The highest BCUT2D eigenvalue weighted by Gasteiger charge is 2.18. The molecule has 7 heteroatoms. The summed E-state index contributed by atoms with van der Waals surface area (Å²) in [6, 6.07) is 22.1. The zero-order valence-electron chi connectivity index (χ0n) is 23.5. The van der Waals surface area contributed by atoms with Crippen LogP contribution in [0.15, 0.2) is 66.7 Å². The van der Waals surface area contributed by atoms with Crippen LogP contribution in [0, 0.1) is 5.92 Å². The van der Waals surface area contributed by atoms with Crippen molar-refractivity contribution in [1.29, 1.82) is 0 Å². The lowest BCUT2D eigenvalue weighted by Crippen LogP contribution is -2.35. The average molecular weight is 559 g/mol. The maximum Gasteiger partial charge on any atom is 0.251 e. The van der Waals surface area contributed by atoms with Gasteiger partial charge in [0.05, 0.1) is 18.6 Å². The Labute approximate surface area is 240 Å². The van der Waals surface area contributed by atoms with Crippen LogP contribution < -0.4 is 24.8 Å². The van der Waals surface area contributed by atoms with Gasteiger partial charge in [0.1, 0.15) is 17.2 Å². The molecule has 0 bridgehead atoms. The van der Waals surface area contributed by atoms with Gasteiger partial charge in [0.15, 0.2) is 5.75 Å². The highest BCUT2D eigenvalue weighted by atomic mass is 32.1. The van der Waals surface area contributed by atoms with Crippen molar-refractivity contribution in [2.45, 2.75) is 45.6 Å². The Morgan fingerprint density at radius 2 is 1.75 bits per heavy atom. The summed E-state index contributed by atoms with van der Waals surface area (Å²) >= 11 is 1.65. The fourth-order valence-corrected chi connectivity index (χ4v) is 6.02. The van der Waals surface area contributed by atoms with Crippen LogP contribution in [0.5, 0.6) is 23.0 Å². The van der Waals surface area contributed by atoms with Gasteiger partial charge in [0.25, 0.3) is 5.91 Å². The molecule has 0 radical (unpaired) electrons. The van der Waals surface area contributed by atoms with Crippen LogP contribution in [0.3, 0.4) is 0 Å². The summed E-state index contributed by atoms with van der Waals surface area (Å²) in [6.07, 6.45) is 4.82. The van der Waals surface area contributed by atoms with Crippen LogP contribution in [0.25, 0.3) is 20.5 Å². The molecular formula is C33H38N2O4S. The quantitative estimate of drug-likeness (QED) is 0.198. The van der Waals surface area contributed by atoms with Crippen molar-refractivity contribution < 1.29 is 19.0 Å². The Balaban J connectivity index is 1.34. The predicted molar refractivity (Wildman–Crippen MR) is 163 cm³/mol. The minimum absolute atomic E-state index is 0.0601. The Hall–Kier alpha value is -3.55. The number of carbonyl (C=O) groups is 1. The Morgan fingerprint density at radius 3 is 2.45 bits per heavy atom. The minimum Gasteiger partial charge on any atom is -0.497 e. The van der Waals surface area contributed by atoms with E-state index in [1.165, 1.54) is 19.3 Å². The van der Waals surface area contributed by atoms with Crippen LogP contribution in [0.1, 0.15) is 49.9 Å². The van der Waals surface area contributed by atoms with E-state index >= 15 is 0 Å². The first-order valence-electron chi connectivity index (χ1n) is 14.1. The number of hydrogen-bond acceptors (Lipinski definition) is 6. The molecule has 1 aromatic heterocycles. The van der Waals surface area contributed by atoms with Gasteiger partial charge in [-0.2, -0.15) is 0 Å². The van der Waals surface area contributed by atoms with Crippen molar-refractivity contribution >= 4 is 27.3 Å². The maximum atomic E-state index is 12.5. The van der Waals surface area contributed by atoms with Gasteiger partial charge in [-0.25, -0.2) is 0 Å². The molecule has 1 fully saturated rings. The molecule has 0 aliphatic carbocycles. The molecule has 5 rings (SSSR count). The van der Waals surface area contributed by atoms with Crippen molar-refractivity contribution in [1.82, 2.24) is 10.6 Å². The van der Waals surface area contributed by atoms with Gasteiger partial charge in [0.2, 0.25) is 0 Å². The molecule has 1 amide bonds. The summed E-state index contributed by atoms with van der Waals surface area (Å²) in [7, 11) is 1.67. The number of nitrogens with one attached hydrogen (secondary N) is 2. The van der Waals surface area contributed by atoms with Gasteiger partial charge < -0.3 is 24.8 Å². The van der Waals surface area contributed by atoms with Gasteiger partial charge in [-0.05, 0) is 91.9 Å². The van der Waals surface area contributed by atoms with Gasteiger partial charge in [-0.15, -0.1) is 11.3 Å². The smallest absolute Gasteiger partial charge is 0.251 e. The highest BCUT2D eigenvalue weighted by Crippen LogP contribution is 2.47. The van der Waals surface area contributed by atoms with E-state index in [2.05, 4.69) is 24.5 Å². The standard InChI is InChI=1S/C33H38N2O4S/c1-22(2)21-35-33(36)24-9-7-23(8-10-24)32-31(29-16-15-28(37-3)20-30(29)40-32)39-27-13-11-26(12-14-27)38-19-17-25-6-4-5-18-34-25/h7-16,20,22,25,34H,4-6,17-19,21H2,1-3H3,(H,35,36). The second-order valence-corrected chi connectivity index (χ2v) is 11.7. The summed E-state index contributed by atoms with van der Waals surface area (Å²) in [5, 5.41) is 7.57. The summed E-state index contributed by atoms with van der Waals surface area (Å²) in [5.74, 6) is 3.51. The molecular weight excluding hydrogens is 520 g/mol. The third-order valence-electron chi connectivity index (χ3n) is 7.12. The van der Waals surface area contributed by atoms with Gasteiger partial charge in [-0.3, -0.25) is 4.79 Å². The van der Waals surface area contributed by atoms with E-state index in [4.69, 9.17) is 14.2 Å². The van der Waals surface area contributed by atoms with E-state index < -0.39 is 0 Å². The van der Waals surface area contributed by atoms with Crippen molar-refractivity contribution in [3.63, 3.8) is 0 Å². The zero-order chi connectivity index (χ0) is 27.9. The number of benzene rings is 3. The molecule has 1 saturated heterocycles. The molecule has 40 heavy (non-hydrogen) atoms. The van der Waals surface area contributed by atoms with Crippen LogP contribution in [-0.2, 0) is 0 Å². The fraction of sp³-hybridized carbons (Fsp3) is 0.364. The Bertz CT molecular complexity index is 1410. The van der Waals surface area contributed by atoms with Crippen molar-refractivity contribution in [2.24, 2.45) is 5.92 Å². The molecule has 210 valence electrons. The Morgan fingerprint density at radius 1 is 1.00 bits per heavy atom. The van der Waals surface area contributed by atoms with E-state index in [0.717, 1.165) is 56.5 Å². The number of piperidine rings is 1. The van der Waals surface area contributed by atoms with Gasteiger partial charge >= 0.3 is 0 Å². The third-order valence-corrected chi connectivity index (χ3v) is 8.31. The van der Waals surface area contributed by atoms with Crippen LogP contribution in [0.4, 0.5) is 0 Å². The molecule has 0 saturated carbocycles. The SMILES string of the molecule is COc1ccc2c(Oc3ccc(OCCC4CCCCN4)cc3)c(-c3ccc(C(=O)NCC(C)C)cc3)sc2c1. The minimum atomic E-state index is -0.0601. The number of carbonyl (C=O) groups excluding carboxylic acids is 1. The number of rotatable bonds is 11. The summed E-state index contributed by atoms with van der Waals surface area (Å²) < 4.78 is 19.1. The number of methoxy groups -OCH3 is 1. The number of thiophene rings is 1. The topological polar surface area (TPSA) is 68.8 Å². The van der Waals surface area contributed by atoms with Gasteiger partial charge in [-0.1, -0.05) is 32.4 Å². The normalized spacial score (nSPS) is 15.2. The lowest BCUT2D eigenvalue weighted by atomic mass is 10.0. The largest absolute Gasteiger partial charge is 0.497 e. The van der Waals surface area contributed by atoms with Crippen LogP contribution in [-0.4, -0.2) is 38.8 Å². The number of ether oxygens (including phenoxy) is 3. The predicted octanol–water partition coefficient (Wildman–Crippen LogP) is 7.67. The molecule has 3 aromatic carbocycles. The van der Waals surface area contributed by atoms with Crippen molar-refractivity contribution in [2.75, 3.05) is 26.8 Å².